The summed E-state index contributed by atoms with van der Waals surface area (Å²) >= 11 is 3.44. The quantitative estimate of drug-likeness (QED) is 0.414. The van der Waals surface area contributed by atoms with Crippen molar-refractivity contribution in [2.45, 2.75) is 45.1 Å². The second-order valence-corrected chi connectivity index (χ2v) is 7.95. The highest BCUT2D eigenvalue weighted by Gasteiger charge is 2.28. The fourth-order valence-corrected chi connectivity index (χ4v) is 3.54. The Kier molecular flexibility index (Phi) is 12.6. The smallest absolute Gasteiger partial charge is 0.414 e. The molecule has 1 aliphatic heterocycles. The molecule has 2 rings (SSSR count). The molecule has 8 heteroatoms. The van der Waals surface area contributed by atoms with Gasteiger partial charge >= 0.3 is 11.9 Å². The van der Waals surface area contributed by atoms with E-state index < -0.39 is 11.9 Å². The molecular weight excluding hydrogens is 442 g/mol. The van der Waals surface area contributed by atoms with E-state index in [0.717, 1.165) is 29.8 Å². The van der Waals surface area contributed by atoms with Gasteiger partial charge in [0.05, 0.1) is 12.7 Å². The first-order valence-electron chi connectivity index (χ1n) is 9.97. The second-order valence-electron chi connectivity index (χ2n) is 7.03. The molecule has 0 amide bonds. The number of carboxylic acids is 2. The normalized spacial score (nSPS) is 19.1. The molecule has 1 aromatic rings. The van der Waals surface area contributed by atoms with Gasteiger partial charge in [-0.15, -0.1) is 0 Å². The number of unbranched alkanes of at least 4 members (excludes halogenated alkanes) is 2. The molecule has 1 saturated heterocycles. The van der Waals surface area contributed by atoms with Gasteiger partial charge in [0.1, 0.15) is 5.75 Å². The van der Waals surface area contributed by atoms with Crippen LogP contribution in [-0.2, 0) is 14.3 Å². The fourth-order valence-electron chi connectivity index (χ4n) is 3.27. The van der Waals surface area contributed by atoms with Crippen molar-refractivity contribution in [2.75, 3.05) is 33.4 Å². The van der Waals surface area contributed by atoms with Gasteiger partial charge < -0.3 is 24.6 Å². The highest BCUT2D eigenvalue weighted by Crippen LogP contribution is 2.24. The molecule has 164 valence electrons. The number of benzene rings is 1. The molecule has 1 aliphatic rings. The zero-order valence-corrected chi connectivity index (χ0v) is 18.8. The predicted octanol–water partition coefficient (Wildman–Crippen LogP) is 3.90. The lowest BCUT2D eigenvalue weighted by molar-refractivity contribution is -0.159. The van der Waals surface area contributed by atoms with Gasteiger partial charge in [-0.2, -0.15) is 0 Å². The standard InChI is InChI=1S/C19H30BrNO2.C2H2O4/c1-3-4-5-12-21-13-10-16(19(15-21)22-2)11-14-23-18-8-6-17(20)7-9-18;3-1(4)2(5)6/h6-9,16,19H,3-5,10-15H2,1-2H3;(H,3,4)(H,5,6)/t16-,19+;/m1./s1. The van der Waals surface area contributed by atoms with Gasteiger partial charge in [0.15, 0.2) is 0 Å². The molecule has 0 aromatic heterocycles. The van der Waals surface area contributed by atoms with E-state index in [2.05, 4.69) is 27.8 Å². The van der Waals surface area contributed by atoms with Crippen molar-refractivity contribution in [1.29, 1.82) is 0 Å². The summed E-state index contributed by atoms with van der Waals surface area (Å²) in [6.07, 6.45) is 6.56. The first kappa shape index (κ1) is 25.4. The maximum absolute atomic E-state index is 9.10. The van der Waals surface area contributed by atoms with Crippen LogP contribution in [0.1, 0.15) is 39.0 Å². The minimum Gasteiger partial charge on any atom is -0.494 e. The molecule has 1 aromatic carbocycles. The van der Waals surface area contributed by atoms with Crippen LogP contribution in [0.15, 0.2) is 28.7 Å². The Hall–Kier alpha value is -1.64. The second kappa shape index (κ2) is 14.4. The minimum absolute atomic E-state index is 0.346. The first-order chi connectivity index (χ1) is 13.9. The first-order valence-corrected chi connectivity index (χ1v) is 10.8. The van der Waals surface area contributed by atoms with Crippen LogP contribution in [-0.4, -0.2) is 66.5 Å². The van der Waals surface area contributed by atoms with Crippen LogP contribution in [0.25, 0.3) is 0 Å². The molecule has 2 N–H and O–H groups in total. The Labute approximate surface area is 181 Å². The topological polar surface area (TPSA) is 96.3 Å². The van der Waals surface area contributed by atoms with E-state index in [9.17, 15) is 0 Å². The molecule has 1 fully saturated rings. The Morgan fingerprint density at radius 3 is 2.38 bits per heavy atom. The number of hydrogen-bond donors (Lipinski definition) is 2. The maximum atomic E-state index is 9.10. The van der Waals surface area contributed by atoms with Gasteiger partial charge in [0, 0.05) is 18.1 Å². The number of ether oxygens (including phenoxy) is 2. The predicted molar refractivity (Wildman–Crippen MR) is 114 cm³/mol. The summed E-state index contributed by atoms with van der Waals surface area (Å²) in [5.41, 5.74) is 0. The van der Waals surface area contributed by atoms with Gasteiger partial charge in [-0.3, -0.25) is 0 Å². The van der Waals surface area contributed by atoms with E-state index in [0.29, 0.717) is 12.0 Å². The number of halogens is 1. The molecule has 29 heavy (non-hydrogen) atoms. The molecule has 0 radical (unpaired) electrons. The average molecular weight is 474 g/mol. The zero-order chi connectivity index (χ0) is 21.6. The fraction of sp³-hybridized carbons (Fsp3) is 0.619. The summed E-state index contributed by atoms with van der Waals surface area (Å²) in [6.45, 7) is 6.52. The zero-order valence-electron chi connectivity index (χ0n) is 17.2. The van der Waals surface area contributed by atoms with Gasteiger partial charge in [-0.25, -0.2) is 9.59 Å². The van der Waals surface area contributed by atoms with Gasteiger partial charge in [0.25, 0.3) is 0 Å². The third kappa shape index (κ3) is 10.6. The molecule has 0 unspecified atom stereocenters. The van der Waals surface area contributed by atoms with Crippen LogP contribution in [0.3, 0.4) is 0 Å². The largest absolute Gasteiger partial charge is 0.494 e. The van der Waals surface area contributed by atoms with E-state index >= 15 is 0 Å². The van der Waals surface area contributed by atoms with Crippen LogP contribution in [0.5, 0.6) is 5.75 Å². The summed E-state index contributed by atoms with van der Waals surface area (Å²) in [6, 6.07) is 8.05. The summed E-state index contributed by atoms with van der Waals surface area (Å²) in [7, 11) is 1.85. The number of aliphatic carboxylic acids is 2. The number of piperidine rings is 1. The van der Waals surface area contributed by atoms with Crippen LogP contribution < -0.4 is 4.74 Å². The highest BCUT2D eigenvalue weighted by molar-refractivity contribution is 9.10. The van der Waals surface area contributed by atoms with Gasteiger partial charge in [-0.1, -0.05) is 35.7 Å². The Bertz CT molecular complexity index is 598. The lowest BCUT2D eigenvalue weighted by Gasteiger charge is -2.37. The van der Waals surface area contributed by atoms with Crippen LogP contribution in [0.4, 0.5) is 0 Å². The molecule has 7 nitrogen and oxygen atoms in total. The molecule has 0 spiro atoms. The molecular formula is C21H32BrNO6. The Balaban J connectivity index is 0.000000612. The molecule has 1 heterocycles. The Morgan fingerprint density at radius 1 is 1.17 bits per heavy atom. The Morgan fingerprint density at radius 2 is 1.83 bits per heavy atom. The monoisotopic (exact) mass is 473 g/mol. The number of rotatable bonds is 9. The molecule has 0 bridgehead atoms. The third-order valence-corrected chi connectivity index (χ3v) is 5.44. The number of hydrogen-bond acceptors (Lipinski definition) is 5. The minimum atomic E-state index is -1.82. The summed E-state index contributed by atoms with van der Waals surface area (Å²) in [5.74, 6) is -2.10. The van der Waals surface area contributed by atoms with Crippen molar-refractivity contribution in [3.63, 3.8) is 0 Å². The summed E-state index contributed by atoms with van der Waals surface area (Å²) in [5, 5.41) is 14.8. The van der Waals surface area contributed by atoms with Crippen molar-refractivity contribution in [3.8, 4) is 5.75 Å². The SMILES string of the molecule is CCCCCN1CC[C@H](CCOc2ccc(Br)cc2)[C@@H](OC)C1.O=C(O)C(=O)O. The van der Waals surface area contributed by atoms with E-state index in [1.165, 1.54) is 38.8 Å². The van der Waals surface area contributed by atoms with E-state index in [1.807, 2.05) is 31.4 Å². The third-order valence-electron chi connectivity index (χ3n) is 4.91. The van der Waals surface area contributed by atoms with Gasteiger partial charge in [-0.05, 0) is 62.5 Å². The highest BCUT2D eigenvalue weighted by atomic mass is 79.9. The summed E-state index contributed by atoms with van der Waals surface area (Å²) in [4.78, 5) is 20.8. The van der Waals surface area contributed by atoms with Crippen molar-refractivity contribution >= 4 is 27.9 Å². The van der Waals surface area contributed by atoms with Crippen molar-refractivity contribution < 1.29 is 29.3 Å². The summed E-state index contributed by atoms with van der Waals surface area (Å²) < 4.78 is 12.7. The van der Waals surface area contributed by atoms with Crippen molar-refractivity contribution in [3.05, 3.63) is 28.7 Å². The number of likely N-dealkylation sites (tertiary alicyclic amines) is 1. The van der Waals surface area contributed by atoms with E-state index in [1.54, 1.807) is 0 Å². The van der Waals surface area contributed by atoms with Crippen LogP contribution >= 0.6 is 15.9 Å². The number of nitrogens with zero attached hydrogens (tertiary/aromatic N) is 1. The van der Waals surface area contributed by atoms with Crippen LogP contribution in [0.2, 0.25) is 0 Å². The lowest BCUT2D eigenvalue weighted by atomic mass is 9.91. The number of methoxy groups -OCH3 is 1. The lowest BCUT2D eigenvalue weighted by Crippen LogP contribution is -2.45. The maximum Gasteiger partial charge on any atom is 0.414 e. The van der Waals surface area contributed by atoms with Crippen molar-refractivity contribution in [1.82, 2.24) is 4.90 Å². The van der Waals surface area contributed by atoms with Crippen LogP contribution in [0, 0.1) is 5.92 Å². The average Bonchev–Trinajstić information content (AvgIpc) is 2.71. The van der Waals surface area contributed by atoms with E-state index in [-0.39, 0.29) is 0 Å². The van der Waals surface area contributed by atoms with E-state index in [4.69, 9.17) is 29.3 Å². The molecule has 2 atom stereocenters. The molecule has 0 saturated carbocycles. The van der Waals surface area contributed by atoms with Crippen molar-refractivity contribution in [2.24, 2.45) is 5.92 Å². The molecule has 0 aliphatic carbocycles. The number of carboxylic acid groups (broad SMARTS) is 2. The number of carbonyl (C=O) groups is 2. The van der Waals surface area contributed by atoms with Gasteiger partial charge in [0.2, 0.25) is 0 Å².